The standard InChI is InChI=1S/C16H32N4/c1-6-7-17-10-15(8-13(2)3)9-16-18-12-19-20(16)11-14(4)5/h12-15,17H,6-11H2,1-5H3. The average Bonchev–Trinajstić information content (AvgIpc) is 2.75. The molecule has 4 heteroatoms. The van der Waals surface area contributed by atoms with Crippen LogP contribution in [0.15, 0.2) is 6.33 Å². The van der Waals surface area contributed by atoms with Crippen molar-refractivity contribution in [3.8, 4) is 0 Å². The van der Waals surface area contributed by atoms with Crippen LogP contribution in [-0.2, 0) is 13.0 Å². The van der Waals surface area contributed by atoms with Gasteiger partial charge in [-0.2, -0.15) is 5.10 Å². The van der Waals surface area contributed by atoms with Crippen molar-refractivity contribution in [1.82, 2.24) is 20.1 Å². The number of hydrogen-bond donors (Lipinski definition) is 1. The van der Waals surface area contributed by atoms with Gasteiger partial charge in [-0.1, -0.05) is 34.6 Å². The van der Waals surface area contributed by atoms with Gasteiger partial charge in [-0.05, 0) is 43.7 Å². The number of rotatable bonds is 10. The smallest absolute Gasteiger partial charge is 0.138 e. The molecule has 0 aliphatic heterocycles. The third-order valence-electron chi connectivity index (χ3n) is 3.37. The highest BCUT2D eigenvalue weighted by Crippen LogP contribution is 2.16. The molecule has 1 rings (SSSR count). The Morgan fingerprint density at radius 1 is 1.20 bits per heavy atom. The number of aromatic nitrogens is 3. The third-order valence-corrected chi connectivity index (χ3v) is 3.37. The van der Waals surface area contributed by atoms with Gasteiger partial charge in [0.2, 0.25) is 0 Å². The van der Waals surface area contributed by atoms with Gasteiger partial charge >= 0.3 is 0 Å². The van der Waals surface area contributed by atoms with E-state index in [9.17, 15) is 0 Å². The van der Waals surface area contributed by atoms with Gasteiger partial charge < -0.3 is 5.32 Å². The third kappa shape index (κ3) is 6.51. The van der Waals surface area contributed by atoms with Crippen LogP contribution in [0.3, 0.4) is 0 Å². The lowest BCUT2D eigenvalue weighted by Crippen LogP contribution is -2.27. The van der Waals surface area contributed by atoms with Crippen LogP contribution in [0.5, 0.6) is 0 Å². The first-order valence-electron chi connectivity index (χ1n) is 8.10. The van der Waals surface area contributed by atoms with Crippen LogP contribution in [0.25, 0.3) is 0 Å². The molecule has 1 aromatic rings. The second kappa shape index (κ2) is 9.11. The Labute approximate surface area is 124 Å². The van der Waals surface area contributed by atoms with Crippen LogP contribution in [0.2, 0.25) is 0 Å². The SMILES string of the molecule is CCCNCC(Cc1ncnn1CC(C)C)CC(C)C. The van der Waals surface area contributed by atoms with Crippen LogP contribution in [-0.4, -0.2) is 27.9 Å². The van der Waals surface area contributed by atoms with Crippen molar-refractivity contribution in [1.29, 1.82) is 0 Å². The van der Waals surface area contributed by atoms with Crippen LogP contribution >= 0.6 is 0 Å². The Balaban J connectivity index is 2.60. The molecular formula is C16H32N4. The summed E-state index contributed by atoms with van der Waals surface area (Å²) in [5.74, 6) is 3.13. The van der Waals surface area contributed by atoms with Gasteiger partial charge in [-0.3, -0.25) is 0 Å². The second-order valence-corrected chi connectivity index (χ2v) is 6.66. The maximum absolute atomic E-state index is 4.47. The largest absolute Gasteiger partial charge is 0.316 e. The number of hydrogen-bond acceptors (Lipinski definition) is 3. The minimum Gasteiger partial charge on any atom is -0.316 e. The maximum atomic E-state index is 4.47. The van der Waals surface area contributed by atoms with Crippen molar-refractivity contribution in [2.45, 2.75) is 60.4 Å². The molecule has 1 atom stereocenters. The number of nitrogens with zero attached hydrogens (tertiary/aromatic N) is 3. The molecule has 1 heterocycles. The predicted molar refractivity (Wildman–Crippen MR) is 84.7 cm³/mol. The fraction of sp³-hybridized carbons (Fsp3) is 0.875. The van der Waals surface area contributed by atoms with Gasteiger partial charge in [-0.15, -0.1) is 0 Å². The van der Waals surface area contributed by atoms with Crippen LogP contribution in [0.4, 0.5) is 0 Å². The minimum atomic E-state index is 0.609. The molecule has 0 bridgehead atoms. The van der Waals surface area contributed by atoms with Gasteiger partial charge in [0, 0.05) is 13.0 Å². The molecule has 0 saturated carbocycles. The minimum absolute atomic E-state index is 0.609. The van der Waals surface area contributed by atoms with E-state index >= 15 is 0 Å². The van der Waals surface area contributed by atoms with Crippen molar-refractivity contribution in [2.75, 3.05) is 13.1 Å². The Hall–Kier alpha value is -0.900. The molecule has 0 saturated heterocycles. The molecule has 1 N–H and O–H groups in total. The van der Waals surface area contributed by atoms with E-state index in [0.29, 0.717) is 11.8 Å². The topological polar surface area (TPSA) is 42.7 Å². The van der Waals surface area contributed by atoms with Gasteiger partial charge in [-0.25, -0.2) is 9.67 Å². The van der Waals surface area contributed by atoms with E-state index in [0.717, 1.165) is 37.8 Å². The first-order chi connectivity index (χ1) is 9.52. The highest BCUT2D eigenvalue weighted by Gasteiger charge is 2.15. The van der Waals surface area contributed by atoms with Crippen LogP contribution in [0.1, 0.15) is 53.3 Å². The lowest BCUT2D eigenvalue weighted by molar-refractivity contribution is 0.366. The molecule has 1 unspecified atom stereocenters. The maximum Gasteiger partial charge on any atom is 0.138 e. The highest BCUT2D eigenvalue weighted by molar-refractivity contribution is 4.88. The summed E-state index contributed by atoms with van der Waals surface area (Å²) in [5, 5.41) is 7.93. The van der Waals surface area contributed by atoms with Crippen molar-refractivity contribution in [3.63, 3.8) is 0 Å². The summed E-state index contributed by atoms with van der Waals surface area (Å²) in [7, 11) is 0. The summed E-state index contributed by atoms with van der Waals surface area (Å²) in [6.45, 7) is 14.4. The fourth-order valence-electron chi connectivity index (χ4n) is 2.59. The fourth-order valence-corrected chi connectivity index (χ4v) is 2.59. The van der Waals surface area contributed by atoms with E-state index in [2.05, 4.69) is 54.7 Å². The van der Waals surface area contributed by atoms with E-state index < -0.39 is 0 Å². The molecule has 4 nitrogen and oxygen atoms in total. The highest BCUT2D eigenvalue weighted by atomic mass is 15.3. The second-order valence-electron chi connectivity index (χ2n) is 6.66. The predicted octanol–water partition coefficient (Wildman–Crippen LogP) is 3.14. The molecule has 1 aromatic heterocycles. The van der Waals surface area contributed by atoms with Crippen LogP contribution < -0.4 is 5.32 Å². The van der Waals surface area contributed by atoms with E-state index in [4.69, 9.17) is 0 Å². The van der Waals surface area contributed by atoms with Crippen molar-refractivity contribution in [2.24, 2.45) is 17.8 Å². The molecular weight excluding hydrogens is 248 g/mol. The average molecular weight is 280 g/mol. The number of nitrogens with one attached hydrogen (secondary N) is 1. The Bertz CT molecular complexity index is 357. The van der Waals surface area contributed by atoms with Crippen LogP contribution in [0, 0.1) is 17.8 Å². The summed E-state index contributed by atoms with van der Waals surface area (Å²) < 4.78 is 2.08. The molecule has 116 valence electrons. The summed E-state index contributed by atoms with van der Waals surface area (Å²) in [4.78, 5) is 4.47. The quantitative estimate of drug-likeness (QED) is 0.670. The van der Waals surface area contributed by atoms with Gasteiger partial charge in [0.1, 0.15) is 12.2 Å². The van der Waals surface area contributed by atoms with E-state index in [1.54, 1.807) is 6.33 Å². The monoisotopic (exact) mass is 280 g/mol. The first-order valence-corrected chi connectivity index (χ1v) is 8.10. The first kappa shape index (κ1) is 17.2. The van der Waals surface area contributed by atoms with E-state index in [1.807, 2.05) is 0 Å². The van der Waals surface area contributed by atoms with E-state index in [1.165, 1.54) is 12.8 Å². The zero-order chi connectivity index (χ0) is 15.0. The Kier molecular flexibility index (Phi) is 7.82. The lowest BCUT2D eigenvalue weighted by atomic mass is 9.93. The summed E-state index contributed by atoms with van der Waals surface area (Å²) in [5.41, 5.74) is 0. The zero-order valence-corrected chi connectivity index (χ0v) is 13.9. The van der Waals surface area contributed by atoms with Crippen molar-refractivity contribution >= 4 is 0 Å². The van der Waals surface area contributed by atoms with Crippen molar-refractivity contribution in [3.05, 3.63) is 12.2 Å². The Morgan fingerprint density at radius 2 is 1.95 bits per heavy atom. The van der Waals surface area contributed by atoms with Gasteiger partial charge in [0.25, 0.3) is 0 Å². The van der Waals surface area contributed by atoms with Gasteiger partial charge in [0.15, 0.2) is 0 Å². The lowest BCUT2D eigenvalue weighted by Gasteiger charge is -2.20. The zero-order valence-electron chi connectivity index (χ0n) is 13.9. The van der Waals surface area contributed by atoms with E-state index in [-0.39, 0.29) is 0 Å². The Morgan fingerprint density at radius 3 is 2.55 bits per heavy atom. The molecule has 20 heavy (non-hydrogen) atoms. The van der Waals surface area contributed by atoms with Gasteiger partial charge in [0.05, 0.1) is 0 Å². The molecule has 0 aliphatic rings. The summed E-state index contributed by atoms with van der Waals surface area (Å²) in [6, 6.07) is 0. The summed E-state index contributed by atoms with van der Waals surface area (Å²) in [6.07, 6.45) is 5.16. The molecule has 0 aliphatic carbocycles. The molecule has 0 aromatic carbocycles. The normalized spacial score (nSPS) is 13.3. The molecule has 0 radical (unpaired) electrons. The molecule has 0 spiro atoms. The van der Waals surface area contributed by atoms with Crippen molar-refractivity contribution < 1.29 is 0 Å². The summed E-state index contributed by atoms with van der Waals surface area (Å²) >= 11 is 0. The molecule has 0 amide bonds. The molecule has 0 fully saturated rings.